The van der Waals surface area contributed by atoms with Gasteiger partial charge in [-0.25, -0.2) is 9.18 Å². The fourth-order valence-corrected chi connectivity index (χ4v) is 1.21. The number of ether oxygens (including phenoxy) is 1. The number of Topliss-reactive ketones (excluding diaryl/α,β-unsaturated/α-hetero) is 1. The van der Waals surface area contributed by atoms with Gasteiger partial charge in [-0.2, -0.15) is 26.3 Å². The first-order valence-electron chi connectivity index (χ1n) is 5.34. The summed E-state index contributed by atoms with van der Waals surface area (Å²) in [6, 6.07) is 0. The van der Waals surface area contributed by atoms with Gasteiger partial charge in [-0.05, 0) is 6.42 Å². The first-order chi connectivity index (χ1) is 9.35. The van der Waals surface area contributed by atoms with Crippen molar-refractivity contribution in [2.24, 2.45) is 5.41 Å². The highest BCUT2D eigenvalue weighted by Crippen LogP contribution is 2.51. The number of ketones is 1. The van der Waals surface area contributed by atoms with Crippen molar-refractivity contribution in [3.8, 4) is 0 Å². The molecule has 0 bridgehead atoms. The predicted octanol–water partition coefficient (Wildman–Crippen LogP) is 2.51. The van der Waals surface area contributed by atoms with Gasteiger partial charge in [0, 0.05) is 6.42 Å². The molecule has 4 nitrogen and oxygen atoms in total. The zero-order chi connectivity index (χ0) is 17.1. The molecule has 0 atom stereocenters. The van der Waals surface area contributed by atoms with Crippen LogP contribution in [-0.4, -0.2) is 36.7 Å². The van der Waals surface area contributed by atoms with Crippen LogP contribution < -0.4 is 0 Å². The van der Waals surface area contributed by atoms with E-state index >= 15 is 0 Å². The second-order valence-corrected chi connectivity index (χ2v) is 3.88. The Kier molecular flexibility index (Phi) is 5.88. The molecule has 0 spiro atoms. The van der Waals surface area contributed by atoms with E-state index in [0.717, 1.165) is 0 Å². The first kappa shape index (κ1) is 19.3. The molecule has 0 radical (unpaired) electrons. The summed E-state index contributed by atoms with van der Waals surface area (Å²) in [6.45, 7) is -1.85. The highest BCUT2D eigenvalue weighted by atomic mass is 19.4. The summed E-state index contributed by atoms with van der Waals surface area (Å²) < 4.78 is 91.0. The SMILES string of the molecule is CCCC(=O)OC(=O)C(=O)C(CF)(C(F)(F)F)C(F)(F)F. The Bertz CT molecular complexity index is 410. The quantitative estimate of drug-likeness (QED) is 0.337. The van der Waals surface area contributed by atoms with Gasteiger partial charge < -0.3 is 4.74 Å². The number of alkyl halides is 7. The van der Waals surface area contributed by atoms with Crippen molar-refractivity contribution in [2.75, 3.05) is 6.67 Å². The van der Waals surface area contributed by atoms with E-state index in [1.54, 1.807) is 0 Å². The smallest absolute Gasteiger partial charge is 0.387 e. The fraction of sp³-hybridized carbons (Fsp3) is 0.700. The summed E-state index contributed by atoms with van der Waals surface area (Å²) in [4.78, 5) is 32.9. The molecule has 21 heavy (non-hydrogen) atoms. The topological polar surface area (TPSA) is 60.4 Å². The van der Waals surface area contributed by atoms with Crippen LogP contribution in [0.25, 0.3) is 0 Å². The molecule has 0 rings (SSSR count). The average Bonchev–Trinajstić information content (AvgIpc) is 2.26. The molecule has 0 aromatic rings. The summed E-state index contributed by atoms with van der Waals surface area (Å²) in [5.41, 5.74) is -5.55. The van der Waals surface area contributed by atoms with Crippen molar-refractivity contribution in [2.45, 2.75) is 32.1 Å². The Balaban J connectivity index is 5.63. The normalized spacial score (nSPS) is 13.0. The molecule has 122 valence electrons. The molecule has 0 unspecified atom stereocenters. The maximum Gasteiger partial charge on any atom is 0.413 e. The van der Waals surface area contributed by atoms with Gasteiger partial charge in [0.15, 0.2) is 0 Å². The summed E-state index contributed by atoms with van der Waals surface area (Å²) in [7, 11) is 0. The average molecular weight is 326 g/mol. The van der Waals surface area contributed by atoms with Crippen molar-refractivity contribution in [1.82, 2.24) is 0 Å². The van der Waals surface area contributed by atoms with Crippen molar-refractivity contribution in [1.29, 1.82) is 0 Å². The lowest BCUT2D eigenvalue weighted by Gasteiger charge is -2.32. The van der Waals surface area contributed by atoms with Crippen LogP contribution in [0.5, 0.6) is 0 Å². The Hall–Kier alpha value is -1.68. The molecule has 0 amide bonds. The van der Waals surface area contributed by atoms with Crippen molar-refractivity contribution in [3.05, 3.63) is 0 Å². The summed E-state index contributed by atoms with van der Waals surface area (Å²) in [6.07, 6.45) is -13.3. The molecule has 0 heterocycles. The van der Waals surface area contributed by atoms with E-state index in [0.29, 0.717) is 0 Å². The molecule has 0 aromatic carbocycles. The summed E-state index contributed by atoms with van der Waals surface area (Å²) in [5, 5.41) is 0. The van der Waals surface area contributed by atoms with Crippen LogP contribution in [-0.2, 0) is 19.1 Å². The van der Waals surface area contributed by atoms with Crippen LogP contribution in [0.3, 0.4) is 0 Å². The summed E-state index contributed by atoms with van der Waals surface area (Å²) in [5.74, 6) is -7.43. The number of carbonyl (C=O) groups excluding carboxylic acids is 3. The zero-order valence-corrected chi connectivity index (χ0v) is 10.4. The minimum Gasteiger partial charge on any atom is -0.387 e. The van der Waals surface area contributed by atoms with Crippen LogP contribution >= 0.6 is 0 Å². The van der Waals surface area contributed by atoms with Gasteiger partial charge in [-0.3, -0.25) is 9.59 Å². The van der Waals surface area contributed by atoms with Crippen LogP contribution in [0.2, 0.25) is 0 Å². The first-order valence-corrected chi connectivity index (χ1v) is 5.34. The Labute approximate surface area is 113 Å². The van der Waals surface area contributed by atoms with Crippen LogP contribution in [0.1, 0.15) is 19.8 Å². The van der Waals surface area contributed by atoms with E-state index in [4.69, 9.17) is 0 Å². The lowest BCUT2D eigenvalue weighted by molar-refractivity contribution is -0.327. The fourth-order valence-electron chi connectivity index (χ4n) is 1.21. The molecule has 0 N–H and O–H groups in total. The molecular formula is C10H9F7O4. The summed E-state index contributed by atoms with van der Waals surface area (Å²) >= 11 is 0. The van der Waals surface area contributed by atoms with E-state index in [2.05, 4.69) is 4.74 Å². The van der Waals surface area contributed by atoms with Crippen molar-refractivity contribution >= 4 is 17.7 Å². The lowest BCUT2D eigenvalue weighted by Crippen LogP contribution is -2.59. The second kappa shape index (κ2) is 6.39. The van der Waals surface area contributed by atoms with E-state index in [-0.39, 0.29) is 6.42 Å². The Morgan fingerprint density at radius 3 is 1.67 bits per heavy atom. The van der Waals surface area contributed by atoms with Gasteiger partial charge in [0.05, 0.1) is 0 Å². The molecule has 0 aliphatic rings. The zero-order valence-electron chi connectivity index (χ0n) is 10.4. The minimum absolute atomic E-state index is 0.0626. The van der Waals surface area contributed by atoms with Crippen LogP contribution in [0.4, 0.5) is 30.7 Å². The number of carbonyl (C=O) groups is 3. The number of rotatable bonds is 5. The van der Waals surface area contributed by atoms with Crippen molar-refractivity contribution < 1.29 is 49.9 Å². The molecule has 0 aliphatic heterocycles. The molecule has 0 fully saturated rings. The predicted molar refractivity (Wildman–Crippen MR) is 51.5 cm³/mol. The van der Waals surface area contributed by atoms with Gasteiger partial charge in [0.1, 0.15) is 6.67 Å². The Morgan fingerprint density at radius 2 is 1.38 bits per heavy atom. The van der Waals surface area contributed by atoms with Crippen LogP contribution in [0.15, 0.2) is 0 Å². The van der Waals surface area contributed by atoms with E-state index in [1.165, 1.54) is 6.92 Å². The highest BCUT2D eigenvalue weighted by Gasteiger charge is 2.77. The molecule has 0 saturated carbocycles. The third-order valence-electron chi connectivity index (χ3n) is 2.40. The lowest BCUT2D eigenvalue weighted by atomic mass is 9.83. The number of halogens is 7. The molecule has 0 saturated heterocycles. The van der Waals surface area contributed by atoms with Crippen molar-refractivity contribution in [3.63, 3.8) is 0 Å². The Morgan fingerprint density at radius 1 is 0.952 bits per heavy atom. The van der Waals surface area contributed by atoms with Crippen LogP contribution in [0, 0.1) is 5.41 Å². The van der Waals surface area contributed by atoms with E-state index in [1.807, 2.05) is 0 Å². The minimum atomic E-state index is -6.43. The highest BCUT2D eigenvalue weighted by molar-refractivity contribution is 6.37. The third-order valence-corrected chi connectivity index (χ3v) is 2.40. The largest absolute Gasteiger partial charge is 0.413 e. The van der Waals surface area contributed by atoms with E-state index < -0.39 is 48.6 Å². The molecular weight excluding hydrogens is 317 g/mol. The molecule has 11 heteroatoms. The second-order valence-electron chi connectivity index (χ2n) is 3.88. The van der Waals surface area contributed by atoms with Gasteiger partial charge in [-0.15, -0.1) is 0 Å². The standard InChI is InChI=1S/C10H9F7O4/c1-2-3-5(18)21-7(20)6(19)8(4-11,9(12,13)14)10(15,16)17/h2-4H2,1H3. The van der Waals surface area contributed by atoms with Gasteiger partial charge in [0.25, 0.3) is 11.2 Å². The monoisotopic (exact) mass is 326 g/mol. The number of esters is 2. The van der Waals surface area contributed by atoms with Gasteiger partial charge >= 0.3 is 24.3 Å². The maximum atomic E-state index is 12.5. The maximum absolute atomic E-state index is 12.5. The molecule has 0 aromatic heterocycles. The van der Waals surface area contributed by atoms with Gasteiger partial charge in [-0.1, -0.05) is 6.92 Å². The number of hydrogen-bond acceptors (Lipinski definition) is 4. The third kappa shape index (κ3) is 3.70. The molecule has 0 aliphatic carbocycles. The van der Waals surface area contributed by atoms with E-state index in [9.17, 15) is 45.1 Å². The number of hydrogen-bond donors (Lipinski definition) is 0. The van der Waals surface area contributed by atoms with Gasteiger partial charge in [0.2, 0.25) is 0 Å².